The zero-order chi connectivity index (χ0) is 20.5. The monoisotopic (exact) mass is 420 g/mol. The third-order valence-electron chi connectivity index (χ3n) is 4.09. The first kappa shape index (κ1) is 20.4. The fourth-order valence-electron chi connectivity index (χ4n) is 2.80. The van der Waals surface area contributed by atoms with Gasteiger partial charge in [-0.2, -0.15) is 0 Å². The quantitative estimate of drug-likeness (QED) is 0.381. The van der Waals surface area contributed by atoms with Crippen molar-refractivity contribution in [1.29, 1.82) is 0 Å². The summed E-state index contributed by atoms with van der Waals surface area (Å²) in [7, 11) is 0. The highest BCUT2D eigenvalue weighted by atomic mass is 32.1. The second kappa shape index (κ2) is 10.3. The Morgan fingerprint density at radius 2 is 1.10 bits per heavy atom. The topological polar surface area (TPSA) is 65.2 Å². The van der Waals surface area contributed by atoms with Gasteiger partial charge in [0, 0.05) is 5.69 Å². The molecular weight excluding hydrogens is 400 g/mol. The smallest absolute Gasteiger partial charge is 0.238 e. The second-order valence-corrected chi connectivity index (χ2v) is 6.96. The van der Waals surface area contributed by atoms with Gasteiger partial charge >= 0.3 is 0 Å². The summed E-state index contributed by atoms with van der Waals surface area (Å²) < 4.78 is 0. The SMILES string of the molecule is O=C(NC(=S)NNC(=S)Nc1ccccc1)C(c1ccccc1)c1ccccc1. The summed E-state index contributed by atoms with van der Waals surface area (Å²) in [5.41, 5.74) is 8.11. The molecule has 7 heteroatoms. The summed E-state index contributed by atoms with van der Waals surface area (Å²) in [4.78, 5) is 13.0. The van der Waals surface area contributed by atoms with Crippen molar-refractivity contribution >= 4 is 46.3 Å². The van der Waals surface area contributed by atoms with Crippen molar-refractivity contribution in [3.05, 3.63) is 102 Å². The van der Waals surface area contributed by atoms with Gasteiger partial charge in [0.2, 0.25) is 5.91 Å². The number of anilines is 1. The average molecular weight is 421 g/mol. The molecule has 5 nitrogen and oxygen atoms in total. The highest BCUT2D eigenvalue weighted by Gasteiger charge is 2.23. The Hall–Kier alpha value is -3.29. The van der Waals surface area contributed by atoms with E-state index in [0.717, 1.165) is 16.8 Å². The number of para-hydroxylation sites is 1. The molecule has 3 aromatic rings. The lowest BCUT2D eigenvalue weighted by atomic mass is 9.90. The van der Waals surface area contributed by atoms with Gasteiger partial charge in [0.15, 0.2) is 10.2 Å². The Morgan fingerprint density at radius 1 is 0.655 bits per heavy atom. The predicted molar refractivity (Wildman–Crippen MR) is 124 cm³/mol. The van der Waals surface area contributed by atoms with Crippen LogP contribution in [0, 0.1) is 0 Å². The number of carbonyl (C=O) groups is 1. The molecule has 3 rings (SSSR count). The molecule has 0 aromatic heterocycles. The Morgan fingerprint density at radius 3 is 1.62 bits per heavy atom. The van der Waals surface area contributed by atoms with E-state index in [-0.39, 0.29) is 11.0 Å². The third kappa shape index (κ3) is 6.10. The average Bonchev–Trinajstić information content (AvgIpc) is 2.75. The second-order valence-electron chi connectivity index (χ2n) is 6.14. The van der Waals surface area contributed by atoms with E-state index in [1.54, 1.807) is 0 Å². The number of nitrogens with one attached hydrogen (secondary N) is 4. The summed E-state index contributed by atoms with van der Waals surface area (Å²) in [6, 6.07) is 28.6. The number of rotatable bonds is 4. The molecule has 0 saturated heterocycles. The van der Waals surface area contributed by atoms with E-state index < -0.39 is 5.92 Å². The normalized spacial score (nSPS) is 10.1. The molecule has 29 heavy (non-hydrogen) atoms. The third-order valence-corrected chi connectivity index (χ3v) is 4.49. The lowest BCUT2D eigenvalue weighted by Crippen LogP contribution is -2.50. The number of hydrazine groups is 1. The molecule has 0 fully saturated rings. The maximum atomic E-state index is 13.0. The van der Waals surface area contributed by atoms with Crippen LogP contribution in [0.5, 0.6) is 0 Å². The van der Waals surface area contributed by atoms with Gasteiger partial charge in [-0.1, -0.05) is 78.9 Å². The summed E-state index contributed by atoms with van der Waals surface area (Å²) in [5.74, 6) is -0.713. The van der Waals surface area contributed by atoms with Gasteiger partial charge in [-0.05, 0) is 47.7 Å². The lowest BCUT2D eigenvalue weighted by molar-refractivity contribution is -0.120. The van der Waals surface area contributed by atoms with Crippen molar-refractivity contribution in [3.8, 4) is 0 Å². The molecule has 4 N–H and O–H groups in total. The van der Waals surface area contributed by atoms with Crippen molar-refractivity contribution in [3.63, 3.8) is 0 Å². The number of benzene rings is 3. The summed E-state index contributed by atoms with van der Waals surface area (Å²) >= 11 is 10.5. The van der Waals surface area contributed by atoms with Crippen LogP contribution >= 0.6 is 24.4 Å². The van der Waals surface area contributed by atoms with Crippen LogP contribution in [-0.2, 0) is 4.79 Å². The summed E-state index contributed by atoms with van der Waals surface area (Å²) in [5, 5.41) is 6.20. The van der Waals surface area contributed by atoms with Crippen LogP contribution in [0.25, 0.3) is 0 Å². The number of carbonyl (C=O) groups excluding carboxylic acids is 1. The first-order valence-electron chi connectivity index (χ1n) is 8.96. The van der Waals surface area contributed by atoms with Crippen LogP contribution < -0.4 is 21.5 Å². The molecule has 0 atom stereocenters. The van der Waals surface area contributed by atoms with Crippen LogP contribution in [0.3, 0.4) is 0 Å². The van der Waals surface area contributed by atoms with Crippen molar-refractivity contribution in [2.24, 2.45) is 0 Å². The zero-order valence-corrected chi connectivity index (χ0v) is 17.1. The molecule has 0 saturated carbocycles. The summed E-state index contributed by atoms with van der Waals surface area (Å²) in [6.07, 6.45) is 0. The minimum atomic E-state index is -0.480. The molecule has 0 aliphatic carbocycles. The fraction of sp³-hybridized carbons (Fsp3) is 0.0455. The maximum Gasteiger partial charge on any atom is 0.238 e. The van der Waals surface area contributed by atoms with Gasteiger partial charge in [0.05, 0.1) is 5.92 Å². The molecule has 0 aliphatic heterocycles. The van der Waals surface area contributed by atoms with Crippen LogP contribution in [0.1, 0.15) is 17.0 Å². The van der Waals surface area contributed by atoms with E-state index in [0.29, 0.717) is 5.11 Å². The Labute approximate surface area is 180 Å². The van der Waals surface area contributed by atoms with E-state index in [1.165, 1.54) is 0 Å². The number of hydrogen-bond donors (Lipinski definition) is 4. The number of amides is 1. The Kier molecular flexibility index (Phi) is 7.27. The Balaban J connectivity index is 1.60. The fourth-order valence-corrected chi connectivity index (χ4v) is 3.12. The van der Waals surface area contributed by atoms with Crippen LogP contribution in [0.4, 0.5) is 5.69 Å². The minimum absolute atomic E-state index is 0.129. The largest absolute Gasteiger partial charge is 0.331 e. The molecule has 1 amide bonds. The van der Waals surface area contributed by atoms with Crippen LogP contribution in [0.2, 0.25) is 0 Å². The van der Waals surface area contributed by atoms with Crippen LogP contribution in [0.15, 0.2) is 91.0 Å². The van der Waals surface area contributed by atoms with Gasteiger partial charge in [-0.25, -0.2) is 0 Å². The van der Waals surface area contributed by atoms with Crippen molar-refractivity contribution in [1.82, 2.24) is 16.2 Å². The molecule has 0 bridgehead atoms. The van der Waals surface area contributed by atoms with Crippen LogP contribution in [-0.4, -0.2) is 16.1 Å². The van der Waals surface area contributed by atoms with E-state index in [4.69, 9.17) is 24.4 Å². The first-order valence-corrected chi connectivity index (χ1v) is 9.78. The Bertz CT molecular complexity index is 926. The molecular formula is C22H20N4OS2. The molecule has 0 aliphatic rings. The van der Waals surface area contributed by atoms with E-state index in [9.17, 15) is 4.79 Å². The lowest BCUT2D eigenvalue weighted by Gasteiger charge is -2.19. The minimum Gasteiger partial charge on any atom is -0.331 e. The zero-order valence-electron chi connectivity index (χ0n) is 15.5. The molecule has 3 aromatic carbocycles. The molecule has 0 radical (unpaired) electrons. The predicted octanol–water partition coefficient (Wildman–Crippen LogP) is 3.71. The highest BCUT2D eigenvalue weighted by molar-refractivity contribution is 7.80. The number of hydrogen-bond acceptors (Lipinski definition) is 3. The first-order chi connectivity index (χ1) is 14.1. The molecule has 0 unspecified atom stereocenters. The molecule has 0 spiro atoms. The van der Waals surface area contributed by atoms with Crippen molar-refractivity contribution < 1.29 is 4.79 Å². The molecule has 146 valence electrons. The van der Waals surface area contributed by atoms with Gasteiger partial charge < -0.3 is 10.6 Å². The van der Waals surface area contributed by atoms with E-state index in [1.807, 2.05) is 91.0 Å². The van der Waals surface area contributed by atoms with Gasteiger partial charge in [-0.3, -0.25) is 15.6 Å². The highest BCUT2D eigenvalue weighted by Crippen LogP contribution is 2.24. The summed E-state index contributed by atoms with van der Waals surface area (Å²) in [6.45, 7) is 0. The maximum absolute atomic E-state index is 13.0. The number of thiocarbonyl (C=S) groups is 2. The van der Waals surface area contributed by atoms with E-state index >= 15 is 0 Å². The van der Waals surface area contributed by atoms with Gasteiger partial charge in [-0.15, -0.1) is 0 Å². The van der Waals surface area contributed by atoms with Crippen molar-refractivity contribution in [2.75, 3.05) is 5.32 Å². The molecule has 0 heterocycles. The van der Waals surface area contributed by atoms with Crippen molar-refractivity contribution in [2.45, 2.75) is 5.92 Å². The standard InChI is InChI=1S/C22H20N4OS2/c27-20(19(16-10-4-1-5-11-16)17-12-6-2-7-13-17)24-22(29)26-25-21(28)23-18-14-8-3-9-15-18/h1-15,19H,(H2,23,25,28)(H2,24,26,27,29). The van der Waals surface area contributed by atoms with E-state index in [2.05, 4.69) is 21.5 Å². The van der Waals surface area contributed by atoms with Gasteiger partial charge in [0.25, 0.3) is 0 Å². The van der Waals surface area contributed by atoms with Gasteiger partial charge in [0.1, 0.15) is 0 Å².